The van der Waals surface area contributed by atoms with E-state index in [9.17, 15) is 4.79 Å². The van der Waals surface area contributed by atoms with Crippen molar-refractivity contribution in [2.75, 3.05) is 13.2 Å². The standard InChI is InChI=1S/C26H26Br2N2O4/c1-3-13-33-24-11-7-19(15-25(24)32-4-2)26(31)30-29-16-20-14-22(28)10-12-23(20)34-17-18-5-8-21(27)9-6-18/h5-12,14-16H,3-4,13,17H2,1-2H3,(H,30,31)/b29-16+. The SMILES string of the molecule is CCCOc1ccc(C(=O)N/N=C/c2cc(Br)ccc2OCc2ccc(Br)cc2)cc1OCC. The molecule has 0 spiro atoms. The van der Waals surface area contributed by atoms with Crippen LogP contribution in [0.1, 0.15) is 41.8 Å². The summed E-state index contributed by atoms with van der Waals surface area (Å²) in [5.41, 5.74) is 4.75. The van der Waals surface area contributed by atoms with Crippen molar-refractivity contribution in [2.24, 2.45) is 5.10 Å². The second-order valence-electron chi connectivity index (χ2n) is 7.24. The molecular weight excluding hydrogens is 564 g/mol. The zero-order valence-electron chi connectivity index (χ0n) is 19.0. The van der Waals surface area contributed by atoms with Gasteiger partial charge in [0, 0.05) is 20.1 Å². The van der Waals surface area contributed by atoms with Crippen molar-refractivity contribution in [1.29, 1.82) is 0 Å². The molecule has 0 heterocycles. The molecule has 0 fully saturated rings. The van der Waals surface area contributed by atoms with Crippen molar-refractivity contribution < 1.29 is 19.0 Å². The van der Waals surface area contributed by atoms with E-state index in [1.807, 2.05) is 56.3 Å². The zero-order valence-corrected chi connectivity index (χ0v) is 22.2. The summed E-state index contributed by atoms with van der Waals surface area (Å²) < 4.78 is 19.2. The van der Waals surface area contributed by atoms with Gasteiger partial charge >= 0.3 is 0 Å². The van der Waals surface area contributed by atoms with Crippen molar-refractivity contribution >= 4 is 44.0 Å². The van der Waals surface area contributed by atoms with Gasteiger partial charge in [0.25, 0.3) is 5.91 Å². The highest BCUT2D eigenvalue weighted by molar-refractivity contribution is 9.10. The fourth-order valence-corrected chi connectivity index (χ4v) is 3.61. The Labute approximate surface area is 216 Å². The molecule has 3 aromatic carbocycles. The summed E-state index contributed by atoms with van der Waals surface area (Å²) in [6.07, 6.45) is 2.44. The number of carbonyl (C=O) groups is 1. The Balaban J connectivity index is 1.68. The summed E-state index contributed by atoms with van der Waals surface area (Å²) >= 11 is 6.90. The highest BCUT2D eigenvalue weighted by Gasteiger charge is 2.11. The van der Waals surface area contributed by atoms with E-state index in [1.54, 1.807) is 24.4 Å². The predicted molar refractivity (Wildman–Crippen MR) is 141 cm³/mol. The van der Waals surface area contributed by atoms with E-state index in [0.29, 0.717) is 42.6 Å². The van der Waals surface area contributed by atoms with E-state index in [4.69, 9.17) is 14.2 Å². The first-order valence-corrected chi connectivity index (χ1v) is 12.5. The molecule has 6 nitrogen and oxygen atoms in total. The Bertz CT molecular complexity index is 1130. The molecule has 0 aliphatic carbocycles. The highest BCUT2D eigenvalue weighted by atomic mass is 79.9. The number of rotatable bonds is 11. The zero-order chi connectivity index (χ0) is 24.3. The first kappa shape index (κ1) is 25.8. The molecule has 0 saturated carbocycles. The van der Waals surface area contributed by atoms with Crippen LogP contribution in [0.25, 0.3) is 0 Å². The minimum absolute atomic E-state index is 0.355. The molecule has 178 valence electrons. The Morgan fingerprint density at radius 2 is 1.62 bits per heavy atom. The molecule has 0 aromatic heterocycles. The van der Waals surface area contributed by atoms with Crippen molar-refractivity contribution in [3.63, 3.8) is 0 Å². The lowest BCUT2D eigenvalue weighted by Crippen LogP contribution is -2.18. The van der Waals surface area contributed by atoms with Gasteiger partial charge in [-0.15, -0.1) is 0 Å². The topological polar surface area (TPSA) is 69.2 Å². The number of hydrazone groups is 1. The third kappa shape index (κ3) is 7.60. The summed E-state index contributed by atoms with van der Waals surface area (Å²) in [5.74, 6) is 1.44. The summed E-state index contributed by atoms with van der Waals surface area (Å²) in [6, 6.07) is 18.6. The molecule has 0 aliphatic rings. The van der Waals surface area contributed by atoms with Gasteiger partial charge in [-0.3, -0.25) is 4.79 Å². The average molecular weight is 590 g/mol. The molecular formula is C26H26Br2N2O4. The van der Waals surface area contributed by atoms with Crippen LogP contribution in [0.4, 0.5) is 0 Å². The van der Waals surface area contributed by atoms with Gasteiger partial charge in [-0.1, -0.05) is 50.9 Å². The molecule has 3 aromatic rings. The number of hydrogen-bond donors (Lipinski definition) is 1. The van der Waals surface area contributed by atoms with Crippen LogP contribution in [-0.4, -0.2) is 25.3 Å². The maximum absolute atomic E-state index is 12.6. The summed E-state index contributed by atoms with van der Waals surface area (Å²) in [7, 11) is 0. The van der Waals surface area contributed by atoms with E-state index < -0.39 is 0 Å². The van der Waals surface area contributed by atoms with Crippen molar-refractivity contribution in [1.82, 2.24) is 5.43 Å². The van der Waals surface area contributed by atoms with Crippen LogP contribution >= 0.6 is 31.9 Å². The molecule has 34 heavy (non-hydrogen) atoms. The van der Waals surface area contributed by atoms with Gasteiger partial charge in [-0.2, -0.15) is 5.10 Å². The van der Waals surface area contributed by atoms with E-state index in [-0.39, 0.29) is 5.91 Å². The number of nitrogens with zero attached hydrogens (tertiary/aromatic N) is 1. The number of nitrogens with one attached hydrogen (secondary N) is 1. The molecule has 0 radical (unpaired) electrons. The fourth-order valence-electron chi connectivity index (χ4n) is 2.97. The number of carbonyl (C=O) groups excluding carboxylic acids is 1. The third-order valence-corrected chi connectivity index (χ3v) is 5.64. The minimum Gasteiger partial charge on any atom is -0.490 e. The Hall–Kier alpha value is -2.84. The summed E-state index contributed by atoms with van der Waals surface area (Å²) in [6.45, 7) is 5.37. The predicted octanol–water partition coefficient (Wildman–Crippen LogP) is 6.74. The first-order valence-electron chi connectivity index (χ1n) is 10.9. The van der Waals surface area contributed by atoms with Gasteiger partial charge in [0.05, 0.1) is 19.4 Å². The van der Waals surface area contributed by atoms with Crippen molar-refractivity contribution in [3.05, 3.63) is 86.3 Å². The molecule has 1 amide bonds. The summed E-state index contributed by atoms with van der Waals surface area (Å²) in [5, 5.41) is 4.13. The summed E-state index contributed by atoms with van der Waals surface area (Å²) in [4.78, 5) is 12.6. The Morgan fingerprint density at radius 3 is 2.35 bits per heavy atom. The van der Waals surface area contributed by atoms with Gasteiger partial charge in [-0.25, -0.2) is 5.43 Å². The van der Waals surface area contributed by atoms with Crippen molar-refractivity contribution in [2.45, 2.75) is 26.9 Å². The lowest BCUT2D eigenvalue weighted by molar-refractivity contribution is 0.0954. The second-order valence-corrected chi connectivity index (χ2v) is 9.07. The Kier molecular flexibility index (Phi) is 9.97. The quantitative estimate of drug-likeness (QED) is 0.199. The second kappa shape index (κ2) is 13.2. The first-order chi connectivity index (χ1) is 16.5. The fraction of sp³-hybridized carbons (Fsp3) is 0.231. The average Bonchev–Trinajstić information content (AvgIpc) is 2.84. The number of benzene rings is 3. The maximum Gasteiger partial charge on any atom is 0.271 e. The molecule has 0 unspecified atom stereocenters. The van der Waals surface area contributed by atoms with Crippen LogP contribution in [0.3, 0.4) is 0 Å². The van der Waals surface area contributed by atoms with Crippen molar-refractivity contribution in [3.8, 4) is 17.2 Å². The lowest BCUT2D eigenvalue weighted by Gasteiger charge is -2.12. The van der Waals surface area contributed by atoms with Gasteiger partial charge < -0.3 is 14.2 Å². The molecule has 0 atom stereocenters. The van der Waals surface area contributed by atoms with Crippen LogP contribution in [-0.2, 0) is 6.61 Å². The Morgan fingerprint density at radius 1 is 0.882 bits per heavy atom. The van der Waals surface area contributed by atoms with Crippen LogP contribution in [0, 0.1) is 0 Å². The van der Waals surface area contributed by atoms with Gasteiger partial charge in [0.15, 0.2) is 11.5 Å². The molecule has 3 rings (SSSR count). The minimum atomic E-state index is -0.355. The van der Waals surface area contributed by atoms with E-state index in [1.165, 1.54) is 0 Å². The lowest BCUT2D eigenvalue weighted by atomic mass is 10.2. The van der Waals surface area contributed by atoms with E-state index in [2.05, 4.69) is 42.4 Å². The highest BCUT2D eigenvalue weighted by Crippen LogP contribution is 2.29. The monoisotopic (exact) mass is 588 g/mol. The maximum atomic E-state index is 12.6. The molecule has 8 heteroatoms. The third-order valence-electron chi connectivity index (χ3n) is 4.62. The number of amides is 1. The van der Waals surface area contributed by atoms with E-state index >= 15 is 0 Å². The molecule has 0 bridgehead atoms. The number of ether oxygens (including phenoxy) is 3. The van der Waals surface area contributed by atoms with Gasteiger partial charge in [-0.05, 0) is 67.4 Å². The number of hydrogen-bond acceptors (Lipinski definition) is 5. The van der Waals surface area contributed by atoms with Crippen LogP contribution in [0.15, 0.2) is 74.7 Å². The number of halogens is 2. The largest absolute Gasteiger partial charge is 0.490 e. The molecule has 0 aliphatic heterocycles. The normalized spacial score (nSPS) is 10.8. The van der Waals surface area contributed by atoms with E-state index in [0.717, 1.165) is 26.5 Å². The van der Waals surface area contributed by atoms with Crippen LogP contribution < -0.4 is 19.6 Å². The smallest absolute Gasteiger partial charge is 0.271 e. The molecule has 1 N–H and O–H groups in total. The van der Waals surface area contributed by atoms with Crippen LogP contribution in [0.5, 0.6) is 17.2 Å². The molecule has 0 saturated heterocycles. The van der Waals surface area contributed by atoms with Gasteiger partial charge in [0.1, 0.15) is 12.4 Å². The van der Waals surface area contributed by atoms with Gasteiger partial charge in [0.2, 0.25) is 0 Å². The van der Waals surface area contributed by atoms with Crippen LogP contribution in [0.2, 0.25) is 0 Å².